The molecule has 1 fully saturated rings. The Morgan fingerprint density at radius 1 is 1.14 bits per heavy atom. The van der Waals surface area contributed by atoms with Crippen LogP contribution < -0.4 is 20.3 Å². The molecule has 0 aliphatic carbocycles. The zero-order valence-corrected chi connectivity index (χ0v) is 21.6. The Bertz CT molecular complexity index is 1350. The van der Waals surface area contributed by atoms with E-state index in [1.54, 1.807) is 11.1 Å². The molecule has 6 rings (SSSR count). The van der Waals surface area contributed by atoms with Crippen LogP contribution in [0.1, 0.15) is 30.0 Å². The van der Waals surface area contributed by atoms with Crippen molar-refractivity contribution < 1.29 is 14.3 Å². The molecular formula is C28H29N5O3S. The predicted octanol–water partition coefficient (Wildman–Crippen LogP) is 4.77. The van der Waals surface area contributed by atoms with Crippen molar-refractivity contribution in [1.29, 1.82) is 0 Å². The summed E-state index contributed by atoms with van der Waals surface area (Å²) in [4.78, 5) is 35.3. The lowest BCUT2D eigenvalue weighted by Crippen LogP contribution is -2.52. The number of nitrogens with one attached hydrogen (secondary N) is 2. The molecule has 4 heterocycles. The maximum atomic E-state index is 13.5. The fourth-order valence-electron chi connectivity index (χ4n) is 5.40. The van der Waals surface area contributed by atoms with Crippen LogP contribution >= 0.6 is 11.8 Å². The Morgan fingerprint density at radius 3 is 2.76 bits per heavy atom. The highest BCUT2D eigenvalue weighted by molar-refractivity contribution is 8.01. The van der Waals surface area contributed by atoms with Crippen LogP contribution in [-0.2, 0) is 4.79 Å². The van der Waals surface area contributed by atoms with E-state index < -0.39 is 11.3 Å². The first-order chi connectivity index (χ1) is 18.0. The number of ether oxygens (including phenoxy) is 1. The van der Waals surface area contributed by atoms with Gasteiger partial charge in [0.15, 0.2) is 0 Å². The maximum absolute atomic E-state index is 13.5. The summed E-state index contributed by atoms with van der Waals surface area (Å²) in [6.45, 7) is 3.85. The molecule has 3 amide bonds. The second-order valence-corrected chi connectivity index (χ2v) is 11.0. The van der Waals surface area contributed by atoms with Gasteiger partial charge in [-0.15, -0.1) is 0 Å². The van der Waals surface area contributed by atoms with E-state index in [4.69, 9.17) is 4.74 Å². The third kappa shape index (κ3) is 4.53. The van der Waals surface area contributed by atoms with E-state index in [9.17, 15) is 9.59 Å². The third-order valence-electron chi connectivity index (χ3n) is 7.12. The summed E-state index contributed by atoms with van der Waals surface area (Å²) >= 11 is 1.43. The van der Waals surface area contributed by atoms with Gasteiger partial charge in [-0.1, -0.05) is 30.0 Å². The highest BCUT2D eigenvalue weighted by atomic mass is 32.2. The molecule has 0 spiro atoms. The number of para-hydroxylation sites is 1. The summed E-state index contributed by atoms with van der Waals surface area (Å²) in [6.07, 6.45) is 3.75. The summed E-state index contributed by atoms with van der Waals surface area (Å²) in [6, 6.07) is 16.6. The lowest BCUT2D eigenvalue weighted by atomic mass is 9.98. The molecule has 8 nitrogen and oxygen atoms in total. The summed E-state index contributed by atoms with van der Waals surface area (Å²) in [7, 11) is 2.08. The number of likely N-dealkylation sites (N-methyl/N-ethyl adjacent to an activating group) is 1. The molecule has 2 unspecified atom stereocenters. The number of nitrogens with zero attached hydrogens (tertiary/aromatic N) is 3. The van der Waals surface area contributed by atoms with E-state index in [1.165, 1.54) is 11.8 Å². The molecule has 1 saturated heterocycles. The summed E-state index contributed by atoms with van der Waals surface area (Å²) in [5.41, 5.74) is 3.32. The normalized spacial score (nSPS) is 22.8. The first-order valence-electron chi connectivity index (χ1n) is 12.6. The average Bonchev–Trinajstić information content (AvgIpc) is 3.25. The minimum absolute atomic E-state index is 0.0494. The van der Waals surface area contributed by atoms with Crippen LogP contribution in [0.3, 0.4) is 0 Å². The summed E-state index contributed by atoms with van der Waals surface area (Å²) in [5, 5.41) is 6.66. The standard InChI is InChI=1S/C28H29N5O3S/c1-17-15-20(36-19-8-4-3-5-9-19)10-11-21(17)33-22-12-13-29-27-23(22)24(31-28(33)35)25(37-27)26(34)30-18-7-6-14-32(2)16-18/h3-5,8-13,15,18,24-25H,6-7,14,16H2,1-2H3,(H,30,34)(H,31,35)/t18?,24?,25-/m1/s1. The number of hydrogen-bond acceptors (Lipinski definition) is 6. The third-order valence-corrected chi connectivity index (χ3v) is 8.41. The van der Waals surface area contributed by atoms with Gasteiger partial charge < -0.3 is 20.3 Å². The monoisotopic (exact) mass is 515 g/mol. The average molecular weight is 516 g/mol. The van der Waals surface area contributed by atoms with E-state index in [0.717, 1.165) is 59.2 Å². The van der Waals surface area contributed by atoms with Crippen molar-refractivity contribution in [3.63, 3.8) is 0 Å². The number of carbonyl (C=O) groups is 2. The molecule has 9 heteroatoms. The van der Waals surface area contributed by atoms with Crippen molar-refractivity contribution in [1.82, 2.24) is 20.5 Å². The molecule has 37 heavy (non-hydrogen) atoms. The highest BCUT2D eigenvalue weighted by Gasteiger charge is 2.47. The van der Waals surface area contributed by atoms with Gasteiger partial charge in [0, 0.05) is 24.3 Å². The van der Waals surface area contributed by atoms with Crippen molar-refractivity contribution in [2.24, 2.45) is 0 Å². The van der Waals surface area contributed by atoms with Crippen LogP contribution in [0, 0.1) is 6.92 Å². The number of piperidine rings is 1. The Kier molecular flexibility index (Phi) is 6.26. The number of likely N-dealkylation sites (tertiary alicyclic amines) is 1. The molecule has 190 valence electrons. The van der Waals surface area contributed by atoms with Crippen molar-refractivity contribution in [3.8, 4) is 11.5 Å². The Morgan fingerprint density at radius 2 is 1.97 bits per heavy atom. The van der Waals surface area contributed by atoms with Crippen LogP contribution in [0.2, 0.25) is 0 Å². The predicted molar refractivity (Wildman–Crippen MR) is 144 cm³/mol. The van der Waals surface area contributed by atoms with Crippen molar-refractivity contribution in [2.75, 3.05) is 25.0 Å². The van der Waals surface area contributed by atoms with Crippen LogP contribution in [0.4, 0.5) is 16.2 Å². The smallest absolute Gasteiger partial charge is 0.327 e. The van der Waals surface area contributed by atoms with E-state index in [0.29, 0.717) is 5.75 Å². The molecule has 1 aromatic heterocycles. The van der Waals surface area contributed by atoms with Crippen LogP contribution in [-0.4, -0.2) is 53.3 Å². The fourth-order valence-corrected chi connectivity index (χ4v) is 6.63. The van der Waals surface area contributed by atoms with Crippen molar-refractivity contribution in [2.45, 2.75) is 42.1 Å². The number of urea groups is 1. The number of rotatable bonds is 5. The van der Waals surface area contributed by atoms with E-state index in [2.05, 4.69) is 27.6 Å². The van der Waals surface area contributed by atoms with Gasteiger partial charge >= 0.3 is 6.03 Å². The van der Waals surface area contributed by atoms with Gasteiger partial charge in [-0.05, 0) is 75.3 Å². The van der Waals surface area contributed by atoms with Crippen LogP contribution in [0.15, 0.2) is 65.8 Å². The molecule has 2 aromatic carbocycles. The molecule has 2 N–H and O–H groups in total. The molecular weight excluding hydrogens is 486 g/mol. The fraction of sp³-hybridized carbons (Fsp3) is 0.321. The van der Waals surface area contributed by atoms with Gasteiger partial charge in [0.1, 0.15) is 21.8 Å². The Labute approximate surface area is 220 Å². The second-order valence-electron chi connectivity index (χ2n) is 9.82. The van der Waals surface area contributed by atoms with Gasteiger partial charge in [-0.2, -0.15) is 0 Å². The quantitative estimate of drug-likeness (QED) is 0.509. The molecule has 3 aliphatic rings. The first kappa shape index (κ1) is 23.8. The SMILES string of the molecule is Cc1cc(Oc2ccccc2)ccc1N1C(=O)NC2c3c1ccnc3S[C@H]2C(=O)NC1CCCN(C)C1. The number of carbonyl (C=O) groups excluding carboxylic acids is 2. The number of anilines is 2. The lowest BCUT2D eigenvalue weighted by molar-refractivity contribution is -0.122. The number of hydrogen-bond donors (Lipinski definition) is 2. The molecule has 0 saturated carbocycles. The molecule has 3 atom stereocenters. The molecule has 0 radical (unpaired) electrons. The zero-order chi connectivity index (χ0) is 25.5. The first-order valence-corrected chi connectivity index (χ1v) is 13.4. The number of aromatic nitrogens is 1. The number of thioether (sulfide) groups is 1. The van der Waals surface area contributed by atoms with Crippen molar-refractivity contribution >= 4 is 35.1 Å². The van der Waals surface area contributed by atoms with Gasteiger partial charge in [-0.3, -0.25) is 9.69 Å². The number of aryl methyl sites for hydroxylation is 1. The largest absolute Gasteiger partial charge is 0.457 e. The highest BCUT2D eigenvalue weighted by Crippen LogP contribution is 2.51. The second kappa shape index (κ2) is 9.72. The molecule has 3 aliphatic heterocycles. The van der Waals surface area contributed by atoms with Gasteiger partial charge in [-0.25, -0.2) is 9.78 Å². The molecule has 0 bridgehead atoms. The van der Waals surface area contributed by atoms with E-state index in [1.807, 2.05) is 61.5 Å². The lowest BCUT2D eigenvalue weighted by Gasteiger charge is -2.35. The van der Waals surface area contributed by atoms with Crippen molar-refractivity contribution in [3.05, 3.63) is 71.9 Å². The minimum atomic E-state index is -0.454. The number of pyridine rings is 1. The van der Waals surface area contributed by atoms with Gasteiger partial charge in [0.2, 0.25) is 5.91 Å². The zero-order valence-electron chi connectivity index (χ0n) is 20.8. The van der Waals surface area contributed by atoms with E-state index in [-0.39, 0.29) is 18.0 Å². The number of amides is 3. The van der Waals surface area contributed by atoms with E-state index >= 15 is 0 Å². The van der Waals surface area contributed by atoms with Gasteiger partial charge in [0.05, 0.1) is 17.4 Å². The van der Waals surface area contributed by atoms with Crippen LogP contribution in [0.25, 0.3) is 0 Å². The van der Waals surface area contributed by atoms with Gasteiger partial charge in [0.25, 0.3) is 0 Å². The molecule has 3 aromatic rings. The van der Waals surface area contributed by atoms with Crippen LogP contribution in [0.5, 0.6) is 11.5 Å². The topological polar surface area (TPSA) is 86.8 Å². The Hall–Kier alpha value is -3.56. The minimum Gasteiger partial charge on any atom is -0.457 e. The Balaban J connectivity index is 1.26. The summed E-state index contributed by atoms with van der Waals surface area (Å²) in [5.74, 6) is 1.40. The summed E-state index contributed by atoms with van der Waals surface area (Å²) < 4.78 is 5.97. The number of benzene rings is 2. The maximum Gasteiger partial charge on any atom is 0.327 e.